The van der Waals surface area contributed by atoms with Crippen molar-refractivity contribution in [1.29, 1.82) is 0 Å². The molecular weight excluding hydrogens is 374 g/mol. The highest BCUT2D eigenvalue weighted by Gasteiger charge is 2.06. The molecule has 1 N–H and O–H groups in total. The van der Waals surface area contributed by atoms with Gasteiger partial charge in [-0.15, -0.1) is 0 Å². The molecule has 2 aromatic rings. The molecular formula is C23H28ClNO3. The van der Waals surface area contributed by atoms with Crippen molar-refractivity contribution in [3.8, 4) is 11.5 Å². The number of unbranched alkanes of at least 4 members (excludes halogenated alkanes) is 3. The van der Waals surface area contributed by atoms with Crippen molar-refractivity contribution in [2.75, 3.05) is 19.0 Å². The van der Waals surface area contributed by atoms with Gasteiger partial charge in [0, 0.05) is 16.8 Å². The molecule has 0 heterocycles. The fourth-order valence-corrected chi connectivity index (χ4v) is 2.83. The highest BCUT2D eigenvalue weighted by atomic mass is 35.5. The SMILES string of the molecule is CCCCCCOc1ccc(C=CC(=O)Nc2ccc(C)c(Cl)c2)cc1OC. The van der Waals surface area contributed by atoms with E-state index < -0.39 is 0 Å². The summed E-state index contributed by atoms with van der Waals surface area (Å²) in [5, 5.41) is 3.42. The summed E-state index contributed by atoms with van der Waals surface area (Å²) >= 11 is 6.08. The molecule has 0 bridgehead atoms. The molecule has 0 aromatic heterocycles. The van der Waals surface area contributed by atoms with Crippen LogP contribution >= 0.6 is 11.6 Å². The largest absolute Gasteiger partial charge is 0.493 e. The monoisotopic (exact) mass is 401 g/mol. The minimum absolute atomic E-state index is 0.227. The van der Waals surface area contributed by atoms with E-state index >= 15 is 0 Å². The summed E-state index contributed by atoms with van der Waals surface area (Å²) < 4.78 is 11.2. The average molecular weight is 402 g/mol. The van der Waals surface area contributed by atoms with Gasteiger partial charge in [-0.2, -0.15) is 0 Å². The molecule has 0 radical (unpaired) electrons. The summed E-state index contributed by atoms with van der Waals surface area (Å²) in [5.74, 6) is 1.15. The minimum atomic E-state index is -0.227. The van der Waals surface area contributed by atoms with Crippen LogP contribution < -0.4 is 14.8 Å². The lowest BCUT2D eigenvalue weighted by Gasteiger charge is -2.11. The Morgan fingerprint density at radius 3 is 2.64 bits per heavy atom. The van der Waals surface area contributed by atoms with Gasteiger partial charge in [0.1, 0.15) is 0 Å². The van der Waals surface area contributed by atoms with Crippen molar-refractivity contribution in [2.24, 2.45) is 0 Å². The van der Waals surface area contributed by atoms with Crippen molar-refractivity contribution in [3.63, 3.8) is 0 Å². The number of halogens is 1. The second-order valence-corrected chi connectivity index (χ2v) is 7.01. The Kier molecular flexibility index (Phi) is 8.89. The zero-order valence-corrected chi connectivity index (χ0v) is 17.5. The Labute approximate surface area is 172 Å². The standard InChI is InChI=1S/C23H28ClNO3/c1-4-5-6-7-14-28-21-12-9-18(15-22(21)27-3)10-13-23(26)25-19-11-8-17(2)20(24)16-19/h8-13,15-16H,4-7,14H2,1-3H3,(H,25,26). The predicted molar refractivity (Wildman–Crippen MR) is 116 cm³/mol. The van der Waals surface area contributed by atoms with Gasteiger partial charge in [-0.3, -0.25) is 4.79 Å². The molecule has 4 nitrogen and oxygen atoms in total. The van der Waals surface area contributed by atoms with Crippen LogP contribution in [-0.2, 0) is 4.79 Å². The number of benzene rings is 2. The molecule has 0 saturated heterocycles. The summed E-state index contributed by atoms with van der Waals surface area (Å²) in [5.41, 5.74) is 2.48. The zero-order valence-electron chi connectivity index (χ0n) is 16.8. The van der Waals surface area contributed by atoms with Gasteiger partial charge >= 0.3 is 0 Å². The van der Waals surface area contributed by atoms with Crippen LogP contribution in [0.5, 0.6) is 11.5 Å². The Morgan fingerprint density at radius 2 is 1.93 bits per heavy atom. The summed E-state index contributed by atoms with van der Waals surface area (Å²) in [6, 6.07) is 11.1. The van der Waals surface area contributed by atoms with Gasteiger partial charge in [-0.05, 0) is 54.8 Å². The highest BCUT2D eigenvalue weighted by Crippen LogP contribution is 2.29. The van der Waals surface area contributed by atoms with E-state index in [0.717, 1.165) is 23.3 Å². The Bertz CT molecular complexity index is 817. The Hall–Kier alpha value is -2.46. The van der Waals surface area contributed by atoms with Crippen molar-refractivity contribution in [1.82, 2.24) is 0 Å². The first kappa shape index (κ1) is 21.8. The normalized spacial score (nSPS) is 10.9. The Balaban J connectivity index is 1.94. The van der Waals surface area contributed by atoms with Crippen LogP contribution in [-0.4, -0.2) is 19.6 Å². The predicted octanol–water partition coefficient (Wildman–Crippen LogP) is 6.27. The molecule has 150 valence electrons. The maximum atomic E-state index is 12.1. The van der Waals surface area contributed by atoms with Gasteiger partial charge in [0.2, 0.25) is 5.91 Å². The third-order valence-electron chi connectivity index (χ3n) is 4.31. The zero-order chi connectivity index (χ0) is 20.4. The van der Waals surface area contributed by atoms with Crippen molar-refractivity contribution >= 4 is 29.3 Å². The fourth-order valence-electron chi connectivity index (χ4n) is 2.64. The first-order valence-corrected chi connectivity index (χ1v) is 9.97. The lowest BCUT2D eigenvalue weighted by molar-refractivity contribution is -0.111. The first-order valence-electron chi connectivity index (χ1n) is 9.59. The van der Waals surface area contributed by atoms with Crippen LogP contribution in [0.3, 0.4) is 0 Å². The molecule has 0 aliphatic carbocycles. The summed E-state index contributed by atoms with van der Waals surface area (Å²) in [6.07, 6.45) is 7.84. The quantitative estimate of drug-likeness (QED) is 0.377. The molecule has 1 amide bonds. The number of carbonyl (C=O) groups excluding carboxylic acids is 1. The smallest absolute Gasteiger partial charge is 0.248 e. The van der Waals surface area contributed by atoms with Crippen molar-refractivity contribution < 1.29 is 14.3 Å². The van der Waals surface area contributed by atoms with Gasteiger partial charge in [-0.1, -0.05) is 49.9 Å². The van der Waals surface area contributed by atoms with E-state index in [9.17, 15) is 4.79 Å². The molecule has 0 unspecified atom stereocenters. The molecule has 0 spiro atoms. The second-order valence-electron chi connectivity index (χ2n) is 6.61. The third kappa shape index (κ3) is 6.93. The van der Waals surface area contributed by atoms with Crippen LogP contribution in [0.1, 0.15) is 43.7 Å². The topological polar surface area (TPSA) is 47.6 Å². The van der Waals surface area contributed by atoms with E-state index in [2.05, 4.69) is 12.2 Å². The Morgan fingerprint density at radius 1 is 1.11 bits per heavy atom. The number of aryl methyl sites for hydroxylation is 1. The van der Waals surface area contributed by atoms with E-state index in [4.69, 9.17) is 21.1 Å². The number of ether oxygens (including phenoxy) is 2. The van der Waals surface area contributed by atoms with E-state index in [0.29, 0.717) is 23.1 Å². The van der Waals surface area contributed by atoms with Crippen molar-refractivity contribution in [3.05, 3.63) is 58.6 Å². The summed E-state index contributed by atoms with van der Waals surface area (Å²) in [7, 11) is 1.61. The minimum Gasteiger partial charge on any atom is -0.493 e. The maximum absolute atomic E-state index is 12.1. The number of hydrogen-bond acceptors (Lipinski definition) is 3. The van der Waals surface area contributed by atoms with Gasteiger partial charge < -0.3 is 14.8 Å². The molecule has 0 fully saturated rings. The van der Waals surface area contributed by atoms with Gasteiger partial charge in [0.25, 0.3) is 0 Å². The maximum Gasteiger partial charge on any atom is 0.248 e. The highest BCUT2D eigenvalue weighted by molar-refractivity contribution is 6.31. The van der Waals surface area contributed by atoms with Gasteiger partial charge in [0.15, 0.2) is 11.5 Å². The van der Waals surface area contributed by atoms with Crippen LogP contribution in [0, 0.1) is 6.92 Å². The van der Waals surface area contributed by atoms with Crippen LogP contribution in [0.15, 0.2) is 42.5 Å². The summed E-state index contributed by atoms with van der Waals surface area (Å²) in [6.45, 7) is 4.78. The second kappa shape index (κ2) is 11.4. The summed E-state index contributed by atoms with van der Waals surface area (Å²) in [4.78, 5) is 12.1. The lowest BCUT2D eigenvalue weighted by atomic mass is 10.1. The van der Waals surface area contributed by atoms with E-state index in [1.54, 1.807) is 19.3 Å². The van der Waals surface area contributed by atoms with Crippen LogP contribution in [0.2, 0.25) is 5.02 Å². The van der Waals surface area contributed by atoms with Crippen molar-refractivity contribution in [2.45, 2.75) is 39.5 Å². The third-order valence-corrected chi connectivity index (χ3v) is 4.72. The van der Waals surface area contributed by atoms with Crippen LogP contribution in [0.4, 0.5) is 5.69 Å². The van der Waals surface area contributed by atoms with Crippen LogP contribution in [0.25, 0.3) is 6.08 Å². The molecule has 0 aliphatic heterocycles. The number of amides is 1. The number of methoxy groups -OCH3 is 1. The number of hydrogen-bond donors (Lipinski definition) is 1. The molecule has 2 rings (SSSR count). The van der Waals surface area contributed by atoms with Gasteiger partial charge in [0.05, 0.1) is 13.7 Å². The molecule has 5 heteroatoms. The number of rotatable bonds is 10. The number of anilines is 1. The lowest BCUT2D eigenvalue weighted by Crippen LogP contribution is -2.07. The molecule has 0 saturated carbocycles. The first-order chi connectivity index (χ1) is 13.5. The molecule has 28 heavy (non-hydrogen) atoms. The number of carbonyl (C=O) groups is 1. The van der Waals surface area contributed by atoms with Gasteiger partial charge in [-0.25, -0.2) is 0 Å². The average Bonchev–Trinajstić information content (AvgIpc) is 2.69. The van der Waals surface area contributed by atoms with E-state index in [-0.39, 0.29) is 5.91 Å². The van der Waals surface area contributed by atoms with E-state index in [1.165, 1.54) is 25.3 Å². The molecule has 0 aliphatic rings. The fraction of sp³-hybridized carbons (Fsp3) is 0.348. The molecule has 0 atom stereocenters. The molecule has 2 aromatic carbocycles. The number of nitrogens with one attached hydrogen (secondary N) is 1. The van der Waals surface area contributed by atoms with E-state index in [1.807, 2.05) is 37.3 Å².